The molecule has 3 aromatic carbocycles. The molecule has 0 unspecified atom stereocenters. The van der Waals surface area contributed by atoms with Crippen LogP contribution in [0.3, 0.4) is 0 Å². The van der Waals surface area contributed by atoms with E-state index in [4.69, 9.17) is 11.6 Å². The van der Waals surface area contributed by atoms with Crippen molar-refractivity contribution < 1.29 is 21.6 Å². The number of benzene rings is 3. The average Bonchev–Trinajstić information content (AvgIpc) is 2.88. The number of hydrogen-bond donors (Lipinski definition) is 2. The number of rotatable bonds is 9. The normalized spacial score (nSPS) is 11.5. The first-order chi connectivity index (χ1) is 17.6. The molecule has 2 N–H and O–H groups in total. The first-order valence-electron chi connectivity index (χ1n) is 10.7. The molecule has 0 atom stereocenters. The van der Waals surface area contributed by atoms with Gasteiger partial charge in [-0.1, -0.05) is 29.8 Å². The van der Waals surface area contributed by atoms with Gasteiger partial charge in [0.25, 0.3) is 20.0 Å². The minimum absolute atomic E-state index is 0.0296. The van der Waals surface area contributed by atoms with Gasteiger partial charge < -0.3 is 5.32 Å². The maximum atomic E-state index is 13.4. The zero-order valence-corrected chi connectivity index (χ0v) is 21.4. The summed E-state index contributed by atoms with van der Waals surface area (Å²) in [6.45, 7) is -0.526. The highest BCUT2D eigenvalue weighted by Crippen LogP contribution is 2.25. The Morgan fingerprint density at radius 2 is 1.38 bits per heavy atom. The molecule has 1 aromatic heterocycles. The molecule has 10 nitrogen and oxygen atoms in total. The van der Waals surface area contributed by atoms with Gasteiger partial charge in [-0.3, -0.25) is 9.10 Å². The van der Waals surface area contributed by atoms with Gasteiger partial charge in [0.05, 0.1) is 15.5 Å². The number of aromatic nitrogens is 2. The molecule has 0 bridgehead atoms. The Balaban J connectivity index is 1.51. The highest BCUT2D eigenvalue weighted by molar-refractivity contribution is 7.93. The summed E-state index contributed by atoms with van der Waals surface area (Å²) in [7, 11) is -8.05. The van der Waals surface area contributed by atoms with Crippen LogP contribution in [0.2, 0.25) is 5.02 Å². The molecule has 13 heteroatoms. The number of hydrogen-bond acceptors (Lipinski definition) is 7. The van der Waals surface area contributed by atoms with Crippen molar-refractivity contribution in [1.82, 2.24) is 9.97 Å². The summed E-state index contributed by atoms with van der Waals surface area (Å²) < 4.78 is 55.0. The summed E-state index contributed by atoms with van der Waals surface area (Å²) in [5.41, 5.74) is 0.570. The van der Waals surface area contributed by atoms with Crippen LogP contribution in [0.25, 0.3) is 0 Å². The van der Waals surface area contributed by atoms with Crippen LogP contribution < -0.4 is 14.3 Å². The second kappa shape index (κ2) is 10.9. The van der Waals surface area contributed by atoms with E-state index in [1.165, 1.54) is 60.9 Å². The lowest BCUT2D eigenvalue weighted by Crippen LogP contribution is -2.38. The molecule has 1 amide bonds. The molecule has 0 fully saturated rings. The minimum atomic E-state index is -4.10. The number of halogens is 1. The van der Waals surface area contributed by atoms with Crippen LogP contribution in [0.5, 0.6) is 0 Å². The van der Waals surface area contributed by atoms with Gasteiger partial charge in [-0.2, -0.15) is 0 Å². The van der Waals surface area contributed by atoms with Crippen molar-refractivity contribution in [3.63, 3.8) is 0 Å². The largest absolute Gasteiger partial charge is 0.325 e. The van der Waals surface area contributed by atoms with Gasteiger partial charge in [0, 0.05) is 23.1 Å². The molecule has 190 valence electrons. The van der Waals surface area contributed by atoms with E-state index in [0.717, 1.165) is 4.31 Å². The Labute approximate surface area is 219 Å². The molecular formula is C24H20ClN5O5S2. The number of nitrogens with zero attached hydrogens (tertiary/aromatic N) is 3. The zero-order chi connectivity index (χ0) is 26.5. The van der Waals surface area contributed by atoms with Gasteiger partial charge in [0.1, 0.15) is 6.54 Å². The smallest absolute Gasteiger partial charge is 0.264 e. The highest BCUT2D eigenvalue weighted by atomic mass is 35.5. The molecule has 0 aliphatic heterocycles. The number of amides is 1. The van der Waals surface area contributed by atoms with Crippen LogP contribution in [0.1, 0.15) is 0 Å². The highest BCUT2D eigenvalue weighted by Gasteiger charge is 2.27. The molecule has 0 radical (unpaired) electrons. The minimum Gasteiger partial charge on any atom is -0.325 e. The summed E-state index contributed by atoms with van der Waals surface area (Å²) in [5.74, 6) is -0.712. The third-order valence-electron chi connectivity index (χ3n) is 4.97. The van der Waals surface area contributed by atoms with Crippen molar-refractivity contribution in [3.8, 4) is 0 Å². The van der Waals surface area contributed by atoms with E-state index >= 15 is 0 Å². The SMILES string of the molecule is O=C(CN(c1ccccc1)S(=O)(=O)c1ccc(Cl)cc1)Nc1ccc(S(=O)(=O)Nc2ncccn2)cc1. The second-order valence-corrected chi connectivity index (χ2v) is 11.5. The number of para-hydroxylation sites is 1. The van der Waals surface area contributed by atoms with Crippen molar-refractivity contribution in [2.24, 2.45) is 0 Å². The summed E-state index contributed by atoms with van der Waals surface area (Å²) >= 11 is 5.89. The third kappa shape index (κ3) is 6.42. The van der Waals surface area contributed by atoms with Gasteiger partial charge >= 0.3 is 0 Å². The van der Waals surface area contributed by atoms with E-state index in [-0.39, 0.29) is 21.4 Å². The van der Waals surface area contributed by atoms with E-state index in [0.29, 0.717) is 10.7 Å². The van der Waals surface area contributed by atoms with Gasteiger partial charge in [0.2, 0.25) is 11.9 Å². The van der Waals surface area contributed by atoms with Crippen molar-refractivity contribution in [2.75, 3.05) is 20.9 Å². The molecule has 0 aliphatic carbocycles. The van der Waals surface area contributed by atoms with Crippen molar-refractivity contribution in [3.05, 3.63) is 102 Å². The number of sulfonamides is 2. The molecule has 0 spiro atoms. The van der Waals surface area contributed by atoms with Gasteiger partial charge in [-0.15, -0.1) is 0 Å². The standard InChI is InChI=1S/C24H20ClN5O5S2/c25-18-7-11-22(12-8-18)37(34,35)30(20-5-2-1-3-6-20)17-23(31)28-19-9-13-21(14-10-19)36(32,33)29-24-26-15-4-16-27-24/h1-16H,17H2,(H,28,31)(H,26,27,29). The first kappa shape index (κ1) is 26.1. The quantitative estimate of drug-likeness (QED) is 0.319. The number of nitrogens with one attached hydrogen (secondary N) is 2. The molecule has 0 aliphatic rings. The Morgan fingerprint density at radius 3 is 2.00 bits per heavy atom. The molecule has 37 heavy (non-hydrogen) atoms. The van der Waals surface area contributed by atoms with Crippen LogP contribution in [-0.2, 0) is 24.8 Å². The molecule has 1 heterocycles. The van der Waals surface area contributed by atoms with Crippen LogP contribution in [0.15, 0.2) is 107 Å². The topological polar surface area (TPSA) is 138 Å². The van der Waals surface area contributed by atoms with Crippen LogP contribution in [-0.4, -0.2) is 39.3 Å². The number of carbonyl (C=O) groups excluding carboxylic acids is 1. The Bertz CT molecular complexity index is 1590. The summed E-state index contributed by atoms with van der Waals surface area (Å²) in [6, 6.07) is 20.7. The fourth-order valence-electron chi connectivity index (χ4n) is 3.22. The third-order valence-corrected chi connectivity index (χ3v) is 8.36. The van der Waals surface area contributed by atoms with Gasteiger partial charge in [-0.25, -0.2) is 31.5 Å². The Hall–Kier alpha value is -4.00. The predicted octanol–water partition coefficient (Wildman–Crippen LogP) is 3.76. The maximum Gasteiger partial charge on any atom is 0.264 e. The van der Waals surface area contributed by atoms with Gasteiger partial charge in [-0.05, 0) is 66.7 Å². The van der Waals surface area contributed by atoms with E-state index in [1.807, 2.05) is 0 Å². The lowest BCUT2D eigenvalue weighted by atomic mass is 10.3. The fraction of sp³-hybridized carbons (Fsp3) is 0.0417. The van der Waals surface area contributed by atoms with Crippen molar-refractivity contribution in [2.45, 2.75) is 9.79 Å². The molecule has 0 saturated heterocycles. The Kier molecular flexibility index (Phi) is 7.71. The van der Waals surface area contributed by atoms with Crippen LogP contribution in [0, 0.1) is 0 Å². The summed E-state index contributed by atoms with van der Waals surface area (Å²) in [4.78, 5) is 20.4. The second-order valence-electron chi connectivity index (χ2n) is 7.55. The molecule has 4 aromatic rings. The number of carbonyl (C=O) groups is 1. The van der Waals surface area contributed by atoms with E-state index < -0.39 is 32.5 Å². The Morgan fingerprint density at radius 1 is 0.784 bits per heavy atom. The lowest BCUT2D eigenvalue weighted by molar-refractivity contribution is -0.114. The average molecular weight is 558 g/mol. The van der Waals surface area contributed by atoms with Crippen molar-refractivity contribution >= 4 is 54.9 Å². The first-order valence-corrected chi connectivity index (χ1v) is 14.0. The maximum absolute atomic E-state index is 13.4. The summed E-state index contributed by atoms with van der Waals surface area (Å²) in [5, 5.41) is 2.97. The van der Waals surface area contributed by atoms with E-state index in [9.17, 15) is 21.6 Å². The zero-order valence-electron chi connectivity index (χ0n) is 19.0. The van der Waals surface area contributed by atoms with Crippen LogP contribution in [0.4, 0.5) is 17.3 Å². The van der Waals surface area contributed by atoms with E-state index in [2.05, 4.69) is 20.0 Å². The van der Waals surface area contributed by atoms with Crippen LogP contribution >= 0.6 is 11.6 Å². The van der Waals surface area contributed by atoms with E-state index in [1.54, 1.807) is 36.4 Å². The fourth-order valence-corrected chi connectivity index (χ4v) is 5.73. The van der Waals surface area contributed by atoms with Crippen molar-refractivity contribution in [1.29, 1.82) is 0 Å². The van der Waals surface area contributed by atoms with Gasteiger partial charge in [0.15, 0.2) is 0 Å². The molecule has 0 saturated carbocycles. The molecular weight excluding hydrogens is 538 g/mol. The predicted molar refractivity (Wildman–Crippen MR) is 140 cm³/mol. The molecule has 4 rings (SSSR count). The summed E-state index contributed by atoms with van der Waals surface area (Å²) in [6.07, 6.45) is 2.80. The monoisotopic (exact) mass is 557 g/mol. The number of anilines is 3. The lowest BCUT2D eigenvalue weighted by Gasteiger charge is -2.24.